The number of rotatable bonds is 1. The second kappa shape index (κ2) is 3.77. The third-order valence-corrected chi connectivity index (χ3v) is 2.40. The highest BCUT2D eigenvalue weighted by molar-refractivity contribution is 6.32. The SMILES string of the molecule is Cn1c(Cl)c(C(N)=NO)c(=O)n(C)c1=O. The van der Waals surface area contributed by atoms with Gasteiger partial charge in [-0.3, -0.25) is 13.9 Å². The molecule has 0 aromatic carbocycles. The first-order chi connectivity index (χ1) is 6.91. The number of aromatic nitrogens is 2. The molecule has 3 N–H and O–H groups in total. The fraction of sp³-hybridized carbons (Fsp3) is 0.286. The topological polar surface area (TPSA) is 103 Å². The van der Waals surface area contributed by atoms with Crippen LogP contribution in [0.15, 0.2) is 14.7 Å². The molecule has 0 aliphatic carbocycles. The summed E-state index contributed by atoms with van der Waals surface area (Å²) >= 11 is 5.73. The summed E-state index contributed by atoms with van der Waals surface area (Å²) in [4.78, 5) is 22.9. The average Bonchev–Trinajstić information content (AvgIpc) is 2.23. The number of nitrogens with two attached hydrogens (primary N) is 1. The molecule has 82 valence electrons. The molecule has 1 aromatic heterocycles. The summed E-state index contributed by atoms with van der Waals surface area (Å²) in [6.07, 6.45) is 0. The van der Waals surface area contributed by atoms with Crippen LogP contribution in [0.4, 0.5) is 0 Å². The molecular formula is C7H9ClN4O3. The van der Waals surface area contributed by atoms with Gasteiger partial charge in [0.2, 0.25) is 0 Å². The van der Waals surface area contributed by atoms with Gasteiger partial charge in [0.25, 0.3) is 5.56 Å². The molecule has 1 rings (SSSR count). The van der Waals surface area contributed by atoms with E-state index < -0.39 is 17.1 Å². The molecule has 0 unspecified atom stereocenters. The van der Waals surface area contributed by atoms with Crippen LogP contribution in [0.5, 0.6) is 0 Å². The van der Waals surface area contributed by atoms with Gasteiger partial charge in [-0.1, -0.05) is 16.8 Å². The van der Waals surface area contributed by atoms with Gasteiger partial charge in [-0.05, 0) is 0 Å². The summed E-state index contributed by atoms with van der Waals surface area (Å²) in [5, 5.41) is 11.0. The summed E-state index contributed by atoms with van der Waals surface area (Å²) in [6, 6.07) is 0. The molecule has 15 heavy (non-hydrogen) atoms. The molecular weight excluding hydrogens is 224 g/mol. The number of amidine groups is 1. The van der Waals surface area contributed by atoms with E-state index in [1.807, 2.05) is 0 Å². The van der Waals surface area contributed by atoms with Crippen molar-refractivity contribution in [3.8, 4) is 0 Å². The van der Waals surface area contributed by atoms with E-state index in [1.54, 1.807) is 0 Å². The lowest BCUT2D eigenvalue weighted by Crippen LogP contribution is -2.42. The van der Waals surface area contributed by atoms with Gasteiger partial charge in [0.05, 0.1) is 0 Å². The second-order valence-electron chi connectivity index (χ2n) is 2.86. The Morgan fingerprint density at radius 1 is 1.40 bits per heavy atom. The van der Waals surface area contributed by atoms with E-state index in [0.29, 0.717) is 0 Å². The van der Waals surface area contributed by atoms with Crippen molar-refractivity contribution in [1.29, 1.82) is 0 Å². The van der Waals surface area contributed by atoms with Crippen LogP contribution in [-0.2, 0) is 14.1 Å². The quantitative estimate of drug-likeness (QED) is 0.209. The third kappa shape index (κ3) is 1.61. The Labute approximate surface area is 89.0 Å². The maximum absolute atomic E-state index is 11.6. The van der Waals surface area contributed by atoms with Crippen LogP contribution in [0.3, 0.4) is 0 Å². The molecule has 1 heterocycles. The van der Waals surface area contributed by atoms with Crippen molar-refractivity contribution in [2.45, 2.75) is 0 Å². The molecule has 0 saturated heterocycles. The molecule has 0 amide bonds. The van der Waals surface area contributed by atoms with Gasteiger partial charge in [-0.2, -0.15) is 0 Å². The van der Waals surface area contributed by atoms with E-state index in [1.165, 1.54) is 14.1 Å². The van der Waals surface area contributed by atoms with E-state index in [2.05, 4.69) is 5.16 Å². The maximum Gasteiger partial charge on any atom is 0.331 e. The smallest absolute Gasteiger partial charge is 0.331 e. The predicted octanol–water partition coefficient (Wildman–Crippen LogP) is -1.17. The Hall–Kier alpha value is -1.76. The minimum Gasteiger partial charge on any atom is -0.409 e. The Kier molecular flexibility index (Phi) is 2.85. The van der Waals surface area contributed by atoms with Crippen LogP contribution >= 0.6 is 11.6 Å². The van der Waals surface area contributed by atoms with Crippen molar-refractivity contribution in [2.24, 2.45) is 25.0 Å². The van der Waals surface area contributed by atoms with Crippen molar-refractivity contribution >= 4 is 17.4 Å². The molecule has 0 aliphatic rings. The van der Waals surface area contributed by atoms with Gasteiger partial charge in [-0.25, -0.2) is 4.79 Å². The monoisotopic (exact) mass is 232 g/mol. The molecule has 0 saturated carbocycles. The lowest BCUT2D eigenvalue weighted by atomic mass is 10.3. The van der Waals surface area contributed by atoms with E-state index in [9.17, 15) is 9.59 Å². The lowest BCUT2D eigenvalue weighted by Gasteiger charge is -2.08. The molecule has 0 fully saturated rings. The first-order valence-corrected chi connectivity index (χ1v) is 4.23. The molecule has 7 nitrogen and oxygen atoms in total. The standard InChI is InChI=1S/C7H9ClN4O3/c1-11-4(8)3(5(9)10-15)6(13)12(2)7(11)14/h15H,1-2H3,(H2,9,10). The van der Waals surface area contributed by atoms with Crippen LogP contribution in [-0.4, -0.2) is 20.2 Å². The van der Waals surface area contributed by atoms with Crippen molar-refractivity contribution < 1.29 is 5.21 Å². The Bertz CT molecular complexity index is 542. The summed E-state index contributed by atoms with van der Waals surface area (Å²) in [6.45, 7) is 0. The molecule has 0 aliphatic heterocycles. The van der Waals surface area contributed by atoms with Crippen LogP contribution < -0.4 is 17.0 Å². The van der Waals surface area contributed by atoms with E-state index in [-0.39, 0.29) is 10.7 Å². The summed E-state index contributed by atoms with van der Waals surface area (Å²) in [7, 11) is 2.65. The molecule has 0 radical (unpaired) electrons. The summed E-state index contributed by atoms with van der Waals surface area (Å²) < 4.78 is 1.84. The van der Waals surface area contributed by atoms with Crippen molar-refractivity contribution in [2.75, 3.05) is 0 Å². The maximum atomic E-state index is 11.6. The molecule has 8 heteroatoms. The third-order valence-electron chi connectivity index (χ3n) is 1.96. The van der Waals surface area contributed by atoms with Gasteiger partial charge in [-0.15, -0.1) is 0 Å². The highest BCUT2D eigenvalue weighted by Crippen LogP contribution is 2.07. The molecule has 0 bridgehead atoms. The average molecular weight is 233 g/mol. The van der Waals surface area contributed by atoms with Gasteiger partial charge in [0, 0.05) is 14.1 Å². The van der Waals surface area contributed by atoms with E-state index >= 15 is 0 Å². The normalized spacial score (nSPS) is 11.8. The summed E-state index contributed by atoms with van der Waals surface area (Å²) in [5.41, 5.74) is 3.77. The highest BCUT2D eigenvalue weighted by atomic mass is 35.5. The van der Waals surface area contributed by atoms with Gasteiger partial charge < -0.3 is 10.9 Å². The number of nitrogens with zero attached hydrogens (tertiary/aromatic N) is 3. The number of hydrogen-bond acceptors (Lipinski definition) is 4. The number of hydrogen-bond donors (Lipinski definition) is 2. The lowest BCUT2D eigenvalue weighted by molar-refractivity contribution is 0.318. The van der Waals surface area contributed by atoms with Crippen LogP contribution in [0, 0.1) is 0 Å². The van der Waals surface area contributed by atoms with Crippen LogP contribution in [0.1, 0.15) is 5.56 Å². The Balaban J connectivity index is 3.84. The fourth-order valence-corrected chi connectivity index (χ4v) is 1.33. The predicted molar refractivity (Wildman–Crippen MR) is 54.4 cm³/mol. The van der Waals surface area contributed by atoms with Gasteiger partial charge in [0.15, 0.2) is 5.84 Å². The number of oxime groups is 1. The number of halogens is 1. The van der Waals surface area contributed by atoms with E-state index in [0.717, 1.165) is 9.13 Å². The highest BCUT2D eigenvalue weighted by Gasteiger charge is 2.17. The van der Waals surface area contributed by atoms with Crippen LogP contribution in [0.25, 0.3) is 0 Å². The largest absolute Gasteiger partial charge is 0.409 e. The van der Waals surface area contributed by atoms with Crippen molar-refractivity contribution in [1.82, 2.24) is 9.13 Å². The first-order valence-electron chi connectivity index (χ1n) is 3.85. The Morgan fingerprint density at radius 3 is 2.40 bits per heavy atom. The fourth-order valence-electron chi connectivity index (χ4n) is 1.08. The minimum atomic E-state index is -0.710. The Morgan fingerprint density at radius 2 is 1.93 bits per heavy atom. The molecule has 0 atom stereocenters. The zero-order valence-electron chi connectivity index (χ0n) is 8.06. The minimum absolute atomic E-state index is 0.168. The summed E-state index contributed by atoms with van der Waals surface area (Å²) in [5.74, 6) is -0.434. The molecule has 1 aromatic rings. The first kappa shape index (κ1) is 11.3. The van der Waals surface area contributed by atoms with Gasteiger partial charge >= 0.3 is 5.69 Å². The van der Waals surface area contributed by atoms with Crippen molar-refractivity contribution in [3.63, 3.8) is 0 Å². The van der Waals surface area contributed by atoms with E-state index in [4.69, 9.17) is 22.5 Å². The zero-order valence-corrected chi connectivity index (χ0v) is 8.82. The van der Waals surface area contributed by atoms with Crippen LogP contribution in [0.2, 0.25) is 5.15 Å². The van der Waals surface area contributed by atoms with Gasteiger partial charge in [0.1, 0.15) is 10.7 Å². The molecule has 0 spiro atoms. The second-order valence-corrected chi connectivity index (χ2v) is 3.21. The zero-order chi connectivity index (χ0) is 11.7. The van der Waals surface area contributed by atoms with Crippen molar-refractivity contribution in [3.05, 3.63) is 31.6 Å².